The predicted molar refractivity (Wildman–Crippen MR) is 125 cm³/mol. The number of halogens is 3. The van der Waals surface area contributed by atoms with Crippen molar-refractivity contribution >= 4 is 22.6 Å². The van der Waals surface area contributed by atoms with E-state index in [0.29, 0.717) is 9.54 Å². The van der Waals surface area contributed by atoms with Crippen LogP contribution in [0.3, 0.4) is 0 Å². The summed E-state index contributed by atoms with van der Waals surface area (Å²) >= 11 is 4.25. The van der Waals surface area contributed by atoms with Crippen molar-refractivity contribution in [1.82, 2.24) is 0 Å². The van der Waals surface area contributed by atoms with Crippen LogP contribution in [0.1, 0.15) is 48.0 Å². The second-order valence-corrected chi connectivity index (χ2v) is 26.5. The molecule has 0 heterocycles. The van der Waals surface area contributed by atoms with Gasteiger partial charge in [-0.25, -0.2) is 0 Å². The number of rotatable bonds is 3. The molecule has 31 heavy (non-hydrogen) atoms. The van der Waals surface area contributed by atoms with E-state index in [-0.39, 0.29) is 30.2 Å². The fraction of sp³-hybridized carbons (Fsp3) is 0.308. The molecule has 0 aromatic heterocycles. The van der Waals surface area contributed by atoms with Crippen LogP contribution in [0.25, 0.3) is 5.57 Å². The minimum Gasteiger partial charge on any atom is -1.00 e. The monoisotopic (exact) mass is 564 g/mol. The summed E-state index contributed by atoms with van der Waals surface area (Å²) in [6.45, 7) is 14.7. The Hall–Kier alpha value is -0.370. The third-order valence-corrected chi connectivity index (χ3v) is 25.7. The Morgan fingerprint density at radius 2 is 1.48 bits per heavy atom. The van der Waals surface area contributed by atoms with Crippen molar-refractivity contribution in [2.24, 2.45) is 5.92 Å². The van der Waals surface area contributed by atoms with Crippen LogP contribution in [0.2, 0.25) is 18.1 Å². The van der Waals surface area contributed by atoms with E-state index in [4.69, 9.17) is 11.6 Å². The van der Waals surface area contributed by atoms with Gasteiger partial charge in [-0.2, -0.15) is 0 Å². The zero-order chi connectivity index (χ0) is 20.9. The normalized spacial score (nSPS) is 19.2. The van der Waals surface area contributed by atoms with Crippen LogP contribution in [0, 0.1) is 5.92 Å². The van der Waals surface area contributed by atoms with Gasteiger partial charge in [-0.3, -0.25) is 0 Å². The summed E-state index contributed by atoms with van der Waals surface area (Å²) in [6.07, 6.45) is 2.64. The van der Waals surface area contributed by atoms with Gasteiger partial charge in [0, 0.05) is 0 Å². The minimum atomic E-state index is -1.92. The van der Waals surface area contributed by atoms with Crippen molar-refractivity contribution in [3.8, 4) is 0 Å². The molecule has 5 heteroatoms. The SMILES string of the molecule is CC1=C(C)C(C)[C]([Zr+2]([CH]2C=C(c3ccc(Cl)cc3)c3ccccc32)=[Si](C)C)=C1C.[Cl-].[Cl-]. The maximum atomic E-state index is 6.17. The summed E-state index contributed by atoms with van der Waals surface area (Å²) in [5.41, 5.74) is 10.2. The molecule has 4 rings (SSSR count). The molecule has 2 atom stereocenters. The van der Waals surface area contributed by atoms with Crippen molar-refractivity contribution in [3.05, 3.63) is 96.3 Å². The molecule has 0 saturated heterocycles. The quantitative estimate of drug-likeness (QED) is 0.499. The zero-order valence-electron chi connectivity index (χ0n) is 19.0. The van der Waals surface area contributed by atoms with E-state index in [9.17, 15) is 0 Å². The molecular weight excluding hydrogens is 538 g/mol. The van der Waals surface area contributed by atoms with E-state index < -0.39 is 20.4 Å². The molecule has 0 radical (unpaired) electrons. The standard InChI is InChI=1S/C15H10Cl.C9H13.C2H6Si.2ClH.Zr/c16-13-8-5-12(6-9-13)15-10-7-11-3-1-2-4-14(11)15;1-6-5-7(2)9(4)8(6)3;1-3-2;;;/h1-10H;6H,1-4H3;1-2H3;2*1H;/q;;;;;+2/p-2. The van der Waals surface area contributed by atoms with E-state index in [0.717, 1.165) is 5.02 Å². The average molecular weight is 567 g/mol. The second kappa shape index (κ2) is 10.7. The van der Waals surface area contributed by atoms with Crippen molar-refractivity contribution < 1.29 is 45.2 Å². The van der Waals surface area contributed by atoms with Gasteiger partial charge in [0.05, 0.1) is 0 Å². The fourth-order valence-electron chi connectivity index (χ4n) is 5.03. The van der Waals surface area contributed by atoms with Crippen LogP contribution in [-0.4, -0.2) is 5.43 Å². The molecule has 2 unspecified atom stereocenters. The Labute approximate surface area is 212 Å². The average Bonchev–Trinajstić information content (AvgIpc) is 3.17. The fourth-order valence-corrected chi connectivity index (χ4v) is 24.8. The number of hydrogen-bond donors (Lipinski definition) is 0. The molecule has 0 bridgehead atoms. The number of fused-ring (bicyclic) bond motifs is 1. The summed E-state index contributed by atoms with van der Waals surface area (Å²) in [7, 11) is 0. The predicted octanol–water partition coefficient (Wildman–Crippen LogP) is 1.96. The van der Waals surface area contributed by atoms with Gasteiger partial charge in [-0.05, 0) is 0 Å². The molecular formula is C26H29Cl3SiZr. The van der Waals surface area contributed by atoms with Crippen molar-refractivity contribution in [2.75, 3.05) is 0 Å². The topological polar surface area (TPSA) is 0 Å². The Morgan fingerprint density at radius 3 is 2.03 bits per heavy atom. The largest absolute Gasteiger partial charge is 1.00 e. The zero-order valence-corrected chi connectivity index (χ0v) is 24.7. The number of hydrogen-bond acceptors (Lipinski definition) is 0. The Kier molecular flexibility index (Phi) is 9.28. The van der Waals surface area contributed by atoms with Crippen LogP contribution < -0.4 is 24.8 Å². The molecule has 162 valence electrons. The van der Waals surface area contributed by atoms with Gasteiger partial charge in [-0.15, -0.1) is 0 Å². The Balaban J connectivity index is 0.00000171. The van der Waals surface area contributed by atoms with Gasteiger partial charge in [-0.1, -0.05) is 0 Å². The van der Waals surface area contributed by atoms with Crippen molar-refractivity contribution in [1.29, 1.82) is 0 Å². The molecule has 0 N–H and O–H groups in total. The molecule has 2 aliphatic carbocycles. The van der Waals surface area contributed by atoms with E-state index in [1.165, 1.54) is 16.7 Å². The van der Waals surface area contributed by atoms with Gasteiger partial charge in [0.1, 0.15) is 0 Å². The van der Waals surface area contributed by atoms with Gasteiger partial charge >= 0.3 is 190 Å². The third kappa shape index (κ3) is 4.80. The summed E-state index contributed by atoms with van der Waals surface area (Å²) in [6, 6.07) is 17.5. The Bertz CT molecular complexity index is 1120. The summed E-state index contributed by atoms with van der Waals surface area (Å²) in [4.78, 5) is 0. The van der Waals surface area contributed by atoms with Crippen LogP contribution in [0.4, 0.5) is 0 Å². The van der Waals surface area contributed by atoms with Gasteiger partial charge < -0.3 is 24.8 Å². The van der Waals surface area contributed by atoms with Crippen LogP contribution >= 0.6 is 11.6 Å². The Morgan fingerprint density at radius 1 is 0.871 bits per heavy atom. The number of benzene rings is 2. The van der Waals surface area contributed by atoms with Gasteiger partial charge in [0.25, 0.3) is 0 Å². The van der Waals surface area contributed by atoms with E-state index in [1.807, 2.05) is 15.4 Å². The van der Waals surface area contributed by atoms with E-state index >= 15 is 0 Å². The first kappa shape index (κ1) is 26.9. The molecule has 0 amide bonds. The van der Waals surface area contributed by atoms with E-state index in [2.05, 4.69) is 83.3 Å². The second-order valence-electron chi connectivity index (χ2n) is 8.63. The molecule has 0 nitrogen and oxygen atoms in total. The first-order valence-corrected chi connectivity index (χ1v) is 19.7. The first-order chi connectivity index (χ1) is 13.8. The molecule has 0 fully saturated rings. The summed E-state index contributed by atoms with van der Waals surface area (Å²) in [5.74, 6) is 0.643. The minimum absolute atomic E-state index is 0. The van der Waals surface area contributed by atoms with Gasteiger partial charge in [0.2, 0.25) is 0 Å². The molecule has 2 aromatic carbocycles. The molecule has 2 aromatic rings. The van der Waals surface area contributed by atoms with Crippen molar-refractivity contribution in [3.63, 3.8) is 0 Å². The summed E-state index contributed by atoms with van der Waals surface area (Å²) < 4.78 is 2.53. The smallest absolute Gasteiger partial charge is 1.00 e. The van der Waals surface area contributed by atoms with Crippen LogP contribution in [0.15, 0.2) is 74.6 Å². The summed E-state index contributed by atoms with van der Waals surface area (Å²) in [5, 5.41) is 0.804. The molecule has 0 aliphatic heterocycles. The van der Waals surface area contributed by atoms with Gasteiger partial charge in [0.15, 0.2) is 0 Å². The number of allylic oxidation sites excluding steroid dienone is 5. The third-order valence-electron chi connectivity index (χ3n) is 6.85. The van der Waals surface area contributed by atoms with Crippen LogP contribution in [0.5, 0.6) is 0 Å². The molecule has 0 spiro atoms. The van der Waals surface area contributed by atoms with E-state index in [1.54, 1.807) is 22.3 Å². The first-order valence-electron chi connectivity index (χ1n) is 10.4. The molecule has 0 saturated carbocycles. The van der Waals surface area contributed by atoms with Crippen molar-refractivity contribution in [2.45, 2.75) is 44.4 Å². The molecule has 2 aliphatic rings. The van der Waals surface area contributed by atoms with Crippen LogP contribution in [-0.2, 0) is 20.4 Å². The maximum absolute atomic E-state index is 6.17. The maximum Gasteiger partial charge on any atom is -1.00 e.